The number of thiazole rings is 1. The number of amides is 1. The van der Waals surface area contributed by atoms with Crippen LogP contribution in [-0.2, 0) is 4.79 Å². The number of ether oxygens (including phenoxy) is 4. The Balaban J connectivity index is 1.37. The minimum absolute atomic E-state index is 0.119. The summed E-state index contributed by atoms with van der Waals surface area (Å²) >= 11 is 1.35. The van der Waals surface area contributed by atoms with Crippen LogP contribution in [-0.4, -0.2) is 37.8 Å². The van der Waals surface area contributed by atoms with Gasteiger partial charge in [-0.25, -0.2) is 4.98 Å². The minimum atomic E-state index is -0.286. The number of aromatic nitrogens is 1. The maximum Gasteiger partial charge on any atom is 0.264 e. The van der Waals surface area contributed by atoms with E-state index in [-0.39, 0.29) is 12.5 Å². The van der Waals surface area contributed by atoms with Gasteiger partial charge < -0.3 is 18.9 Å². The molecular formula is C20H18N2O5S. The van der Waals surface area contributed by atoms with Crippen molar-refractivity contribution in [3.63, 3.8) is 0 Å². The topological polar surface area (TPSA) is 78.9 Å². The monoisotopic (exact) mass is 398 g/mol. The molecule has 144 valence electrons. The van der Waals surface area contributed by atoms with E-state index in [2.05, 4.69) is 10.3 Å². The molecule has 0 saturated carbocycles. The maximum atomic E-state index is 12.1. The fraction of sp³-hybridized carbons (Fsp3) is 0.200. The molecule has 1 aliphatic heterocycles. The number of hydrogen-bond donors (Lipinski definition) is 1. The summed E-state index contributed by atoms with van der Waals surface area (Å²) in [7, 11) is 1.58. The highest BCUT2D eigenvalue weighted by Gasteiger charge is 2.14. The molecule has 28 heavy (non-hydrogen) atoms. The highest BCUT2D eigenvalue weighted by Crippen LogP contribution is 2.35. The van der Waals surface area contributed by atoms with Gasteiger partial charge in [0.05, 0.1) is 12.8 Å². The Kier molecular flexibility index (Phi) is 5.29. The van der Waals surface area contributed by atoms with Gasteiger partial charge >= 0.3 is 0 Å². The summed E-state index contributed by atoms with van der Waals surface area (Å²) in [5.41, 5.74) is 1.65. The summed E-state index contributed by atoms with van der Waals surface area (Å²) in [5, 5.41) is 5.13. The lowest BCUT2D eigenvalue weighted by Crippen LogP contribution is -2.20. The molecule has 4 rings (SSSR count). The van der Waals surface area contributed by atoms with E-state index >= 15 is 0 Å². The highest BCUT2D eigenvalue weighted by molar-refractivity contribution is 7.14. The van der Waals surface area contributed by atoms with Crippen LogP contribution in [0.5, 0.6) is 23.0 Å². The van der Waals surface area contributed by atoms with Crippen molar-refractivity contribution in [3.05, 3.63) is 47.8 Å². The van der Waals surface area contributed by atoms with E-state index in [4.69, 9.17) is 18.9 Å². The van der Waals surface area contributed by atoms with Crippen molar-refractivity contribution in [2.45, 2.75) is 0 Å². The third kappa shape index (κ3) is 4.17. The molecule has 3 aromatic rings. The average Bonchev–Trinajstić information content (AvgIpc) is 3.20. The molecule has 0 fully saturated rings. The molecule has 1 aliphatic rings. The number of nitrogens with zero attached hydrogens (tertiary/aromatic N) is 1. The van der Waals surface area contributed by atoms with Gasteiger partial charge in [-0.1, -0.05) is 6.07 Å². The maximum absolute atomic E-state index is 12.1. The normalized spacial score (nSPS) is 12.3. The number of hydrogen-bond acceptors (Lipinski definition) is 7. The van der Waals surface area contributed by atoms with Crippen LogP contribution in [0.3, 0.4) is 0 Å². The first kappa shape index (κ1) is 18.1. The van der Waals surface area contributed by atoms with Crippen LogP contribution in [0.1, 0.15) is 0 Å². The molecule has 0 atom stereocenters. The summed E-state index contributed by atoms with van der Waals surface area (Å²) in [5.74, 6) is 2.38. The SMILES string of the molecule is COc1cccc(OCC(=O)Nc2nc(-c3ccc4c(c3)OCCO4)cs2)c1. The Morgan fingerprint density at radius 3 is 2.82 bits per heavy atom. The second-order valence-electron chi connectivity index (χ2n) is 5.91. The molecule has 0 unspecified atom stereocenters. The molecule has 0 aliphatic carbocycles. The first-order valence-corrected chi connectivity index (χ1v) is 9.51. The van der Waals surface area contributed by atoms with E-state index in [1.54, 1.807) is 25.3 Å². The molecular weight excluding hydrogens is 380 g/mol. The first-order valence-electron chi connectivity index (χ1n) is 8.63. The summed E-state index contributed by atoms with van der Waals surface area (Å²) in [6, 6.07) is 12.8. The van der Waals surface area contributed by atoms with Gasteiger partial charge in [0.15, 0.2) is 23.2 Å². The Morgan fingerprint density at radius 1 is 1.14 bits per heavy atom. The van der Waals surface area contributed by atoms with Gasteiger partial charge in [-0.05, 0) is 30.3 Å². The zero-order valence-electron chi connectivity index (χ0n) is 15.1. The highest BCUT2D eigenvalue weighted by atomic mass is 32.1. The van der Waals surface area contributed by atoms with Crippen molar-refractivity contribution >= 4 is 22.4 Å². The lowest BCUT2D eigenvalue weighted by molar-refractivity contribution is -0.118. The van der Waals surface area contributed by atoms with Crippen molar-refractivity contribution in [1.82, 2.24) is 4.98 Å². The predicted molar refractivity (Wildman–Crippen MR) is 106 cm³/mol. The largest absolute Gasteiger partial charge is 0.497 e. The second kappa shape index (κ2) is 8.18. The van der Waals surface area contributed by atoms with E-state index in [0.29, 0.717) is 35.6 Å². The van der Waals surface area contributed by atoms with E-state index < -0.39 is 0 Å². The molecule has 8 heteroatoms. The fourth-order valence-corrected chi connectivity index (χ4v) is 3.40. The van der Waals surface area contributed by atoms with Crippen molar-refractivity contribution in [3.8, 4) is 34.3 Å². The zero-order valence-corrected chi connectivity index (χ0v) is 16.0. The molecule has 1 aromatic heterocycles. The smallest absolute Gasteiger partial charge is 0.264 e. The van der Waals surface area contributed by atoms with Crippen LogP contribution in [0.2, 0.25) is 0 Å². The van der Waals surface area contributed by atoms with Gasteiger partial charge in [0.1, 0.15) is 24.7 Å². The van der Waals surface area contributed by atoms with Crippen molar-refractivity contribution in [2.24, 2.45) is 0 Å². The van der Waals surface area contributed by atoms with Crippen molar-refractivity contribution in [1.29, 1.82) is 0 Å². The van der Waals surface area contributed by atoms with Crippen LogP contribution in [0.4, 0.5) is 5.13 Å². The number of benzene rings is 2. The van der Waals surface area contributed by atoms with Crippen LogP contribution in [0.25, 0.3) is 11.3 Å². The number of methoxy groups -OCH3 is 1. The van der Waals surface area contributed by atoms with Gasteiger partial charge in [0.25, 0.3) is 5.91 Å². The van der Waals surface area contributed by atoms with Gasteiger partial charge in [-0.15, -0.1) is 11.3 Å². The van der Waals surface area contributed by atoms with Gasteiger partial charge in [0, 0.05) is 17.0 Å². The first-order chi connectivity index (χ1) is 13.7. The van der Waals surface area contributed by atoms with E-state index in [1.165, 1.54) is 11.3 Å². The molecule has 0 spiro atoms. The quantitative estimate of drug-likeness (QED) is 0.683. The van der Waals surface area contributed by atoms with Crippen LogP contribution in [0.15, 0.2) is 47.8 Å². The molecule has 0 saturated heterocycles. The molecule has 0 bridgehead atoms. The summed E-state index contributed by atoms with van der Waals surface area (Å²) in [4.78, 5) is 16.6. The molecule has 7 nitrogen and oxygen atoms in total. The number of anilines is 1. The number of nitrogens with one attached hydrogen (secondary N) is 1. The Bertz CT molecular complexity index is 988. The van der Waals surface area contributed by atoms with Gasteiger partial charge in [0.2, 0.25) is 0 Å². The molecule has 2 aromatic carbocycles. The lowest BCUT2D eigenvalue weighted by atomic mass is 10.1. The Morgan fingerprint density at radius 2 is 1.96 bits per heavy atom. The van der Waals surface area contributed by atoms with Crippen molar-refractivity contribution in [2.75, 3.05) is 32.2 Å². The molecule has 1 amide bonds. The van der Waals surface area contributed by atoms with Crippen LogP contribution < -0.4 is 24.3 Å². The molecule has 0 radical (unpaired) electrons. The zero-order chi connectivity index (χ0) is 19.3. The number of rotatable bonds is 6. The molecule has 1 N–H and O–H groups in total. The van der Waals surface area contributed by atoms with Gasteiger partial charge in [-0.3, -0.25) is 10.1 Å². The second-order valence-corrected chi connectivity index (χ2v) is 6.77. The average molecular weight is 398 g/mol. The standard InChI is InChI=1S/C20H18N2O5S/c1-24-14-3-2-4-15(10-14)27-11-19(23)22-20-21-16(12-28-20)13-5-6-17-18(9-13)26-8-7-25-17/h2-6,9-10,12H,7-8,11H2,1H3,(H,21,22,23). The Hall–Kier alpha value is -3.26. The molecule has 2 heterocycles. The van der Waals surface area contributed by atoms with E-state index in [9.17, 15) is 4.79 Å². The van der Waals surface area contributed by atoms with E-state index in [1.807, 2.05) is 29.6 Å². The summed E-state index contributed by atoms with van der Waals surface area (Å²) in [6.45, 7) is 0.964. The van der Waals surface area contributed by atoms with E-state index in [0.717, 1.165) is 17.0 Å². The van der Waals surface area contributed by atoms with Gasteiger partial charge in [-0.2, -0.15) is 0 Å². The fourth-order valence-electron chi connectivity index (χ4n) is 2.66. The summed E-state index contributed by atoms with van der Waals surface area (Å²) < 4.78 is 21.8. The number of carbonyl (C=O) groups is 1. The third-order valence-electron chi connectivity index (χ3n) is 4.00. The Labute approximate surface area is 165 Å². The van der Waals surface area contributed by atoms with Crippen molar-refractivity contribution < 1.29 is 23.7 Å². The number of fused-ring (bicyclic) bond motifs is 1. The number of carbonyl (C=O) groups excluding carboxylic acids is 1. The lowest BCUT2D eigenvalue weighted by Gasteiger charge is -2.18. The minimum Gasteiger partial charge on any atom is -0.497 e. The predicted octanol–water partition coefficient (Wildman–Crippen LogP) is 3.61. The van der Waals surface area contributed by atoms with Crippen LogP contribution in [0, 0.1) is 0 Å². The van der Waals surface area contributed by atoms with Crippen LogP contribution >= 0.6 is 11.3 Å². The third-order valence-corrected chi connectivity index (χ3v) is 4.76. The summed E-state index contributed by atoms with van der Waals surface area (Å²) in [6.07, 6.45) is 0.